The van der Waals surface area contributed by atoms with Crippen LogP contribution in [0.2, 0.25) is 0 Å². The van der Waals surface area contributed by atoms with Crippen molar-refractivity contribution in [3.63, 3.8) is 0 Å². The van der Waals surface area contributed by atoms with Crippen LogP contribution in [0, 0.1) is 5.41 Å². The number of nitrogens with two attached hydrogens (primary N) is 1. The molecule has 1 heterocycles. The van der Waals surface area contributed by atoms with Crippen LogP contribution in [0.4, 0.5) is 11.4 Å². The standard InChI is InChI=1S/C21H27N3O2.2ClH/c1-21(2,3)14-24-12-17(13-24)26-16-10-8-15(9-11-16)20(25)23-19-7-5-4-6-18(19)22;;/h4-11,17H,12-14,22H2,1-3H3,(H,23,25);2*1H. The molecule has 2 aromatic carbocycles. The number of para-hydroxylation sites is 2. The first-order chi connectivity index (χ1) is 12.3. The molecule has 5 nitrogen and oxygen atoms in total. The zero-order valence-corrected chi connectivity index (χ0v) is 18.1. The largest absolute Gasteiger partial charge is 0.488 e. The van der Waals surface area contributed by atoms with E-state index in [4.69, 9.17) is 10.5 Å². The van der Waals surface area contributed by atoms with Gasteiger partial charge >= 0.3 is 0 Å². The Bertz CT molecular complexity index is 770. The normalized spacial score (nSPS) is 14.2. The molecule has 0 aromatic heterocycles. The van der Waals surface area contributed by atoms with Crippen molar-refractivity contribution < 1.29 is 9.53 Å². The van der Waals surface area contributed by atoms with E-state index in [9.17, 15) is 4.79 Å². The Hall–Kier alpha value is -1.95. The van der Waals surface area contributed by atoms with Gasteiger partial charge in [-0.15, -0.1) is 24.8 Å². The van der Waals surface area contributed by atoms with Gasteiger partial charge in [-0.3, -0.25) is 9.69 Å². The molecule has 1 saturated heterocycles. The second kappa shape index (κ2) is 10.0. The van der Waals surface area contributed by atoms with Crippen molar-refractivity contribution in [2.75, 3.05) is 30.7 Å². The van der Waals surface area contributed by atoms with E-state index >= 15 is 0 Å². The molecule has 1 fully saturated rings. The van der Waals surface area contributed by atoms with Gasteiger partial charge in [-0.05, 0) is 41.8 Å². The summed E-state index contributed by atoms with van der Waals surface area (Å²) in [5.41, 5.74) is 7.90. The Balaban J connectivity index is 0.00000196. The number of nitrogens with one attached hydrogen (secondary N) is 1. The summed E-state index contributed by atoms with van der Waals surface area (Å²) in [6.45, 7) is 9.71. The first kappa shape index (κ1) is 24.1. The Labute approximate surface area is 179 Å². The molecule has 0 unspecified atom stereocenters. The molecule has 2 aromatic rings. The second-order valence-electron chi connectivity index (χ2n) is 8.06. The zero-order valence-electron chi connectivity index (χ0n) is 16.5. The molecule has 154 valence electrons. The second-order valence-corrected chi connectivity index (χ2v) is 8.06. The highest BCUT2D eigenvalue weighted by Crippen LogP contribution is 2.23. The maximum Gasteiger partial charge on any atom is 0.255 e. The van der Waals surface area contributed by atoms with E-state index in [0.717, 1.165) is 25.4 Å². The molecule has 0 saturated carbocycles. The van der Waals surface area contributed by atoms with Crippen LogP contribution < -0.4 is 15.8 Å². The van der Waals surface area contributed by atoms with Crippen LogP contribution in [0.1, 0.15) is 31.1 Å². The zero-order chi connectivity index (χ0) is 18.7. The first-order valence-electron chi connectivity index (χ1n) is 8.95. The monoisotopic (exact) mass is 425 g/mol. The fourth-order valence-electron chi connectivity index (χ4n) is 3.08. The molecular formula is C21H29Cl2N3O2. The summed E-state index contributed by atoms with van der Waals surface area (Å²) in [6, 6.07) is 14.4. The molecule has 3 N–H and O–H groups in total. The molecule has 1 aliphatic heterocycles. The molecule has 28 heavy (non-hydrogen) atoms. The Kier molecular flexibility index (Phi) is 8.61. The van der Waals surface area contributed by atoms with Gasteiger partial charge in [-0.25, -0.2) is 0 Å². The third-order valence-electron chi connectivity index (χ3n) is 4.25. The Morgan fingerprint density at radius 2 is 1.71 bits per heavy atom. The number of benzene rings is 2. The average Bonchev–Trinajstić information content (AvgIpc) is 2.54. The number of anilines is 2. The molecule has 3 rings (SSSR count). The van der Waals surface area contributed by atoms with Crippen LogP contribution in [-0.2, 0) is 0 Å². The van der Waals surface area contributed by atoms with Crippen molar-refractivity contribution in [1.82, 2.24) is 4.90 Å². The molecular weight excluding hydrogens is 397 g/mol. The van der Waals surface area contributed by atoms with Gasteiger partial charge in [-0.1, -0.05) is 32.9 Å². The number of nitrogens with zero attached hydrogens (tertiary/aromatic N) is 1. The van der Waals surface area contributed by atoms with Crippen molar-refractivity contribution in [3.8, 4) is 5.75 Å². The lowest BCUT2D eigenvalue weighted by molar-refractivity contribution is 0.00108. The summed E-state index contributed by atoms with van der Waals surface area (Å²) in [5.74, 6) is 0.607. The number of likely N-dealkylation sites (tertiary alicyclic amines) is 1. The summed E-state index contributed by atoms with van der Waals surface area (Å²) in [6.07, 6.45) is 0.223. The van der Waals surface area contributed by atoms with Crippen LogP contribution in [0.15, 0.2) is 48.5 Å². The highest BCUT2D eigenvalue weighted by molar-refractivity contribution is 6.05. The average molecular weight is 426 g/mol. The summed E-state index contributed by atoms with van der Waals surface area (Å²) >= 11 is 0. The minimum absolute atomic E-state index is 0. The van der Waals surface area contributed by atoms with Gasteiger partial charge in [0.15, 0.2) is 0 Å². The van der Waals surface area contributed by atoms with E-state index in [1.165, 1.54) is 0 Å². The van der Waals surface area contributed by atoms with E-state index in [1.807, 2.05) is 24.3 Å². The van der Waals surface area contributed by atoms with Crippen molar-refractivity contribution in [3.05, 3.63) is 54.1 Å². The number of amides is 1. The predicted octanol–water partition coefficient (Wildman–Crippen LogP) is 4.47. The Morgan fingerprint density at radius 1 is 1.11 bits per heavy atom. The highest BCUT2D eigenvalue weighted by atomic mass is 35.5. The lowest BCUT2D eigenvalue weighted by atomic mass is 9.94. The van der Waals surface area contributed by atoms with Crippen LogP contribution in [-0.4, -0.2) is 36.5 Å². The quantitative estimate of drug-likeness (QED) is 0.693. The molecule has 0 aliphatic carbocycles. The number of nitrogen functional groups attached to an aromatic ring is 1. The summed E-state index contributed by atoms with van der Waals surface area (Å²) < 4.78 is 5.97. The smallest absolute Gasteiger partial charge is 0.255 e. The topological polar surface area (TPSA) is 67.6 Å². The van der Waals surface area contributed by atoms with Crippen molar-refractivity contribution in [1.29, 1.82) is 0 Å². The van der Waals surface area contributed by atoms with E-state index in [1.54, 1.807) is 24.3 Å². The molecule has 0 spiro atoms. The van der Waals surface area contributed by atoms with Crippen molar-refractivity contribution in [2.45, 2.75) is 26.9 Å². The lowest BCUT2D eigenvalue weighted by Gasteiger charge is -2.42. The fraction of sp³-hybridized carbons (Fsp3) is 0.381. The van der Waals surface area contributed by atoms with Gasteiger partial charge in [-0.2, -0.15) is 0 Å². The number of hydrogen-bond donors (Lipinski definition) is 2. The van der Waals surface area contributed by atoms with Gasteiger partial charge in [0.1, 0.15) is 11.9 Å². The van der Waals surface area contributed by atoms with Gasteiger partial charge in [0.05, 0.1) is 11.4 Å². The fourth-order valence-corrected chi connectivity index (χ4v) is 3.08. The number of ether oxygens (including phenoxy) is 1. The van der Waals surface area contributed by atoms with Gasteiger partial charge in [0.2, 0.25) is 0 Å². The summed E-state index contributed by atoms with van der Waals surface area (Å²) in [4.78, 5) is 14.7. The number of carbonyl (C=O) groups excluding carboxylic acids is 1. The number of carbonyl (C=O) groups is 1. The predicted molar refractivity (Wildman–Crippen MR) is 120 cm³/mol. The summed E-state index contributed by atoms with van der Waals surface area (Å²) in [5, 5.41) is 2.83. The number of hydrogen-bond acceptors (Lipinski definition) is 4. The molecule has 0 bridgehead atoms. The molecule has 1 amide bonds. The minimum Gasteiger partial charge on any atom is -0.488 e. The van der Waals surface area contributed by atoms with Crippen LogP contribution in [0.25, 0.3) is 0 Å². The molecule has 7 heteroatoms. The third-order valence-corrected chi connectivity index (χ3v) is 4.25. The number of rotatable bonds is 5. The summed E-state index contributed by atoms with van der Waals surface area (Å²) in [7, 11) is 0. The molecule has 0 radical (unpaired) electrons. The minimum atomic E-state index is -0.186. The van der Waals surface area contributed by atoms with E-state index in [0.29, 0.717) is 22.4 Å². The van der Waals surface area contributed by atoms with Crippen LogP contribution in [0.3, 0.4) is 0 Å². The molecule has 1 aliphatic rings. The molecule has 0 atom stereocenters. The highest BCUT2D eigenvalue weighted by Gasteiger charge is 2.31. The van der Waals surface area contributed by atoms with Gasteiger partial charge in [0, 0.05) is 25.2 Å². The SMILES string of the molecule is CC(C)(C)CN1CC(Oc2ccc(C(=O)Nc3ccccc3N)cc2)C1.Cl.Cl. The third kappa shape index (κ3) is 6.59. The first-order valence-corrected chi connectivity index (χ1v) is 8.95. The van der Waals surface area contributed by atoms with E-state index in [2.05, 4.69) is 31.0 Å². The van der Waals surface area contributed by atoms with Crippen LogP contribution in [0.5, 0.6) is 5.75 Å². The lowest BCUT2D eigenvalue weighted by Crippen LogP contribution is -2.55. The van der Waals surface area contributed by atoms with Crippen molar-refractivity contribution in [2.24, 2.45) is 5.41 Å². The van der Waals surface area contributed by atoms with Gasteiger partial charge in [0.25, 0.3) is 5.91 Å². The van der Waals surface area contributed by atoms with Crippen LogP contribution >= 0.6 is 24.8 Å². The van der Waals surface area contributed by atoms with Crippen molar-refractivity contribution >= 4 is 42.1 Å². The number of halogens is 2. The van der Waals surface area contributed by atoms with E-state index in [-0.39, 0.29) is 36.8 Å². The Morgan fingerprint density at radius 3 is 2.29 bits per heavy atom. The van der Waals surface area contributed by atoms with E-state index < -0.39 is 0 Å². The van der Waals surface area contributed by atoms with Gasteiger partial charge < -0.3 is 15.8 Å². The maximum atomic E-state index is 12.3. The maximum absolute atomic E-state index is 12.3.